The predicted molar refractivity (Wildman–Crippen MR) is 104 cm³/mol. The zero-order valence-electron chi connectivity index (χ0n) is 15.4. The molecule has 1 N–H and O–H groups in total. The minimum absolute atomic E-state index is 0.471. The Hall–Kier alpha value is -1.57. The molecule has 7 heteroatoms. The van der Waals surface area contributed by atoms with Crippen LogP contribution in [0, 0.1) is 12.8 Å². The first-order valence-electron chi connectivity index (χ1n) is 9.58. The second kappa shape index (κ2) is 8.41. The number of aromatic nitrogens is 3. The van der Waals surface area contributed by atoms with E-state index in [-0.39, 0.29) is 0 Å². The maximum Gasteiger partial charge on any atom is 0.188 e. The van der Waals surface area contributed by atoms with Crippen molar-refractivity contribution in [2.45, 2.75) is 38.5 Å². The lowest BCUT2D eigenvalue weighted by Gasteiger charge is -2.35. The number of hydrogen-bond donors (Lipinski definition) is 1. The quantitative estimate of drug-likeness (QED) is 0.864. The molecule has 0 spiro atoms. The van der Waals surface area contributed by atoms with Crippen molar-refractivity contribution in [1.82, 2.24) is 19.9 Å². The Kier molecular flexibility index (Phi) is 5.77. The molecule has 26 heavy (non-hydrogen) atoms. The Balaban J connectivity index is 1.36. The Labute approximate surface area is 159 Å². The average molecular weight is 374 g/mol. The van der Waals surface area contributed by atoms with Crippen molar-refractivity contribution in [2.24, 2.45) is 5.92 Å². The van der Waals surface area contributed by atoms with Crippen LogP contribution in [0.1, 0.15) is 43.0 Å². The number of anilines is 2. The molecule has 2 aliphatic heterocycles. The molecule has 2 fully saturated rings. The molecule has 4 rings (SSSR count). The molecule has 2 aliphatic rings. The van der Waals surface area contributed by atoms with Crippen molar-refractivity contribution >= 4 is 22.3 Å². The van der Waals surface area contributed by atoms with Gasteiger partial charge in [0.05, 0.1) is 11.4 Å². The van der Waals surface area contributed by atoms with Crippen LogP contribution in [-0.2, 0) is 4.74 Å². The van der Waals surface area contributed by atoms with Gasteiger partial charge in [-0.25, -0.2) is 9.97 Å². The lowest BCUT2D eigenvalue weighted by atomic mass is 9.91. The highest BCUT2D eigenvalue weighted by atomic mass is 32.1. The van der Waals surface area contributed by atoms with E-state index >= 15 is 0 Å². The smallest absolute Gasteiger partial charge is 0.188 e. The zero-order valence-corrected chi connectivity index (χ0v) is 16.2. The van der Waals surface area contributed by atoms with Crippen molar-refractivity contribution < 1.29 is 4.74 Å². The number of thiazole rings is 1. The molecule has 0 unspecified atom stereocenters. The number of piperidine rings is 1. The third kappa shape index (κ3) is 4.39. The molecular formula is C19H27N5OS. The van der Waals surface area contributed by atoms with E-state index in [0.717, 1.165) is 67.4 Å². The highest BCUT2D eigenvalue weighted by molar-refractivity contribution is 7.13. The summed E-state index contributed by atoms with van der Waals surface area (Å²) in [6.07, 6.45) is 8.28. The maximum absolute atomic E-state index is 5.48. The standard InChI is InChI=1S/C19H27N5OS/c1-14-13-26-19(22-14)23-18-17(20-6-7-21-18)16-2-8-24(9-3-16)12-15-4-10-25-11-5-15/h6-7,13,15-16H,2-5,8-12H2,1H3,(H,21,22,23). The maximum atomic E-state index is 5.48. The summed E-state index contributed by atoms with van der Waals surface area (Å²) < 4.78 is 5.48. The number of hydrogen-bond acceptors (Lipinski definition) is 7. The molecule has 0 bridgehead atoms. The van der Waals surface area contributed by atoms with Crippen molar-refractivity contribution in [3.8, 4) is 0 Å². The second-order valence-corrected chi connectivity index (χ2v) is 8.20. The average Bonchev–Trinajstić information content (AvgIpc) is 3.09. The molecule has 0 atom stereocenters. The normalized spacial score (nSPS) is 20.3. The van der Waals surface area contributed by atoms with Crippen LogP contribution in [0.3, 0.4) is 0 Å². The molecule has 2 aromatic heterocycles. The van der Waals surface area contributed by atoms with Gasteiger partial charge in [-0.05, 0) is 51.6 Å². The first kappa shape index (κ1) is 17.8. The number of rotatable bonds is 5. The number of likely N-dealkylation sites (tertiary alicyclic amines) is 1. The van der Waals surface area contributed by atoms with Gasteiger partial charge >= 0.3 is 0 Å². The third-order valence-electron chi connectivity index (χ3n) is 5.40. The monoisotopic (exact) mass is 373 g/mol. The van der Waals surface area contributed by atoms with Crippen LogP contribution in [0.4, 0.5) is 10.9 Å². The Morgan fingerprint density at radius 1 is 1.15 bits per heavy atom. The second-order valence-electron chi connectivity index (χ2n) is 7.34. The molecule has 0 aromatic carbocycles. The summed E-state index contributed by atoms with van der Waals surface area (Å²) in [7, 11) is 0. The summed E-state index contributed by atoms with van der Waals surface area (Å²) in [6, 6.07) is 0. The fourth-order valence-corrected chi connectivity index (χ4v) is 4.63. The van der Waals surface area contributed by atoms with Crippen LogP contribution in [0.15, 0.2) is 17.8 Å². The van der Waals surface area contributed by atoms with Gasteiger partial charge in [0, 0.05) is 43.5 Å². The molecule has 140 valence electrons. The van der Waals surface area contributed by atoms with Crippen LogP contribution in [0.5, 0.6) is 0 Å². The minimum atomic E-state index is 0.471. The lowest BCUT2D eigenvalue weighted by molar-refractivity contribution is 0.0487. The van der Waals surface area contributed by atoms with E-state index in [1.807, 2.05) is 18.5 Å². The fraction of sp³-hybridized carbons (Fsp3) is 0.632. The molecule has 0 aliphatic carbocycles. The highest BCUT2D eigenvalue weighted by Crippen LogP contribution is 2.32. The molecule has 4 heterocycles. The van der Waals surface area contributed by atoms with Gasteiger partial charge in [-0.3, -0.25) is 4.98 Å². The van der Waals surface area contributed by atoms with Gasteiger partial charge in [-0.1, -0.05) is 0 Å². The number of nitrogens with zero attached hydrogens (tertiary/aromatic N) is 4. The third-order valence-corrected chi connectivity index (χ3v) is 6.28. The van der Waals surface area contributed by atoms with Crippen LogP contribution in [-0.4, -0.2) is 52.7 Å². The number of aryl methyl sites for hydroxylation is 1. The highest BCUT2D eigenvalue weighted by Gasteiger charge is 2.26. The Bertz CT molecular complexity index is 707. The van der Waals surface area contributed by atoms with Crippen molar-refractivity contribution in [2.75, 3.05) is 38.2 Å². The van der Waals surface area contributed by atoms with Crippen molar-refractivity contribution in [1.29, 1.82) is 0 Å². The van der Waals surface area contributed by atoms with Gasteiger partial charge in [0.2, 0.25) is 0 Å². The summed E-state index contributed by atoms with van der Waals surface area (Å²) in [6.45, 7) is 7.40. The fourth-order valence-electron chi connectivity index (χ4n) is 3.94. The van der Waals surface area contributed by atoms with Crippen LogP contribution in [0.25, 0.3) is 0 Å². The van der Waals surface area contributed by atoms with Gasteiger partial charge in [-0.15, -0.1) is 11.3 Å². The summed E-state index contributed by atoms with van der Waals surface area (Å²) >= 11 is 1.61. The zero-order chi connectivity index (χ0) is 17.8. The molecule has 6 nitrogen and oxygen atoms in total. The molecular weight excluding hydrogens is 346 g/mol. The van der Waals surface area contributed by atoms with Gasteiger partial charge in [0.25, 0.3) is 0 Å². The lowest BCUT2D eigenvalue weighted by Crippen LogP contribution is -2.38. The largest absolute Gasteiger partial charge is 0.381 e. The molecule has 2 saturated heterocycles. The summed E-state index contributed by atoms with van der Waals surface area (Å²) in [4.78, 5) is 16.3. The van der Waals surface area contributed by atoms with E-state index in [4.69, 9.17) is 4.74 Å². The van der Waals surface area contributed by atoms with Crippen LogP contribution in [0.2, 0.25) is 0 Å². The molecule has 0 radical (unpaired) electrons. The summed E-state index contributed by atoms with van der Waals surface area (Å²) in [5.74, 6) is 2.14. The minimum Gasteiger partial charge on any atom is -0.381 e. The van der Waals surface area contributed by atoms with Crippen LogP contribution >= 0.6 is 11.3 Å². The predicted octanol–water partition coefficient (Wildman–Crippen LogP) is 3.59. The van der Waals surface area contributed by atoms with Crippen LogP contribution < -0.4 is 5.32 Å². The first-order chi connectivity index (χ1) is 12.8. The van der Waals surface area contributed by atoms with Gasteiger partial charge in [0.1, 0.15) is 0 Å². The van der Waals surface area contributed by atoms with E-state index < -0.39 is 0 Å². The van der Waals surface area contributed by atoms with E-state index in [1.165, 1.54) is 19.4 Å². The Morgan fingerprint density at radius 2 is 1.92 bits per heavy atom. The first-order valence-corrected chi connectivity index (χ1v) is 10.5. The Morgan fingerprint density at radius 3 is 2.65 bits per heavy atom. The van der Waals surface area contributed by atoms with Gasteiger partial charge < -0.3 is 15.0 Å². The van der Waals surface area contributed by atoms with E-state index in [0.29, 0.717) is 5.92 Å². The number of ether oxygens (including phenoxy) is 1. The van der Waals surface area contributed by atoms with Gasteiger partial charge in [0.15, 0.2) is 10.9 Å². The van der Waals surface area contributed by atoms with E-state index in [2.05, 4.69) is 25.2 Å². The van der Waals surface area contributed by atoms with Crippen molar-refractivity contribution in [3.05, 3.63) is 29.2 Å². The molecule has 0 amide bonds. The SMILES string of the molecule is Cc1csc(Nc2nccnc2C2CCN(CC3CCOCC3)CC2)n1. The topological polar surface area (TPSA) is 63.2 Å². The molecule has 0 saturated carbocycles. The molecule has 2 aromatic rings. The van der Waals surface area contributed by atoms with Gasteiger partial charge in [-0.2, -0.15) is 0 Å². The summed E-state index contributed by atoms with van der Waals surface area (Å²) in [5, 5.41) is 6.31. The summed E-state index contributed by atoms with van der Waals surface area (Å²) in [5.41, 5.74) is 2.12. The van der Waals surface area contributed by atoms with E-state index in [1.54, 1.807) is 17.5 Å². The van der Waals surface area contributed by atoms with E-state index in [9.17, 15) is 0 Å². The number of nitrogens with one attached hydrogen (secondary N) is 1. The van der Waals surface area contributed by atoms with Crippen molar-refractivity contribution in [3.63, 3.8) is 0 Å².